The zero-order chi connectivity index (χ0) is 23.7. The highest BCUT2D eigenvalue weighted by Gasteiger charge is 2.32. The summed E-state index contributed by atoms with van der Waals surface area (Å²) in [5.41, 5.74) is 2.18. The Morgan fingerprint density at radius 2 is 1.71 bits per heavy atom. The number of carbonyl (C=O) groups is 1. The van der Waals surface area contributed by atoms with Gasteiger partial charge in [0.05, 0.1) is 5.56 Å². The van der Waals surface area contributed by atoms with Crippen LogP contribution in [0.4, 0.5) is 4.39 Å². The highest BCUT2D eigenvalue weighted by molar-refractivity contribution is 5.88. The van der Waals surface area contributed by atoms with Crippen LogP contribution in [0.5, 0.6) is 5.75 Å². The number of para-hydroxylation sites is 1. The number of aromatic carboxylic acids is 1. The fourth-order valence-electron chi connectivity index (χ4n) is 4.94. The van der Waals surface area contributed by atoms with Crippen LogP contribution >= 0.6 is 0 Å². The molecule has 4 aromatic carbocycles. The van der Waals surface area contributed by atoms with Gasteiger partial charge in [0.15, 0.2) is 0 Å². The third-order valence-electron chi connectivity index (χ3n) is 6.66. The minimum absolute atomic E-state index is 0.0948. The van der Waals surface area contributed by atoms with Crippen LogP contribution in [-0.2, 0) is 0 Å². The molecule has 1 aliphatic heterocycles. The Balaban J connectivity index is 1.40. The molecule has 5 heteroatoms. The van der Waals surface area contributed by atoms with Crippen LogP contribution in [-0.4, -0.2) is 23.7 Å². The number of ether oxygens (including phenoxy) is 1. The summed E-state index contributed by atoms with van der Waals surface area (Å²) in [5, 5.41) is 15.4. The molecular formula is C29H26FNO3. The lowest BCUT2D eigenvalue weighted by atomic mass is 9.83. The molecule has 4 aromatic rings. The summed E-state index contributed by atoms with van der Waals surface area (Å²) in [6.45, 7) is 2.71. The molecule has 1 heterocycles. The Labute approximate surface area is 198 Å². The van der Waals surface area contributed by atoms with E-state index in [0.717, 1.165) is 5.56 Å². The lowest BCUT2D eigenvalue weighted by Gasteiger charge is -2.33. The SMILES string of the molecule is C[C@@H](NC[C@H]1C[C@H](c2cccc(C(=O)O)c2F)c2ccccc2O1)c1cccc2ccccc12. The Hall–Kier alpha value is -3.70. The molecule has 5 rings (SSSR count). The monoisotopic (exact) mass is 455 g/mol. The first-order chi connectivity index (χ1) is 16.5. The highest BCUT2D eigenvalue weighted by Crippen LogP contribution is 2.41. The van der Waals surface area contributed by atoms with Gasteiger partial charge < -0.3 is 15.2 Å². The van der Waals surface area contributed by atoms with Gasteiger partial charge in [0.1, 0.15) is 17.7 Å². The number of nitrogens with one attached hydrogen (secondary N) is 1. The summed E-state index contributed by atoms with van der Waals surface area (Å²) in [6.07, 6.45) is 0.358. The number of halogens is 1. The molecule has 0 spiro atoms. The summed E-state index contributed by atoms with van der Waals surface area (Å²) in [6, 6.07) is 26.9. The minimum Gasteiger partial charge on any atom is -0.489 e. The molecule has 4 nitrogen and oxygen atoms in total. The van der Waals surface area contributed by atoms with E-state index in [0.29, 0.717) is 24.3 Å². The van der Waals surface area contributed by atoms with Gasteiger partial charge in [-0.2, -0.15) is 0 Å². The van der Waals surface area contributed by atoms with E-state index in [-0.39, 0.29) is 23.6 Å². The molecule has 0 radical (unpaired) electrons. The van der Waals surface area contributed by atoms with E-state index in [2.05, 4.69) is 42.6 Å². The minimum atomic E-state index is -1.26. The number of carboxylic acids is 1. The molecule has 0 aliphatic carbocycles. The van der Waals surface area contributed by atoms with Gasteiger partial charge in [0, 0.05) is 24.1 Å². The van der Waals surface area contributed by atoms with Gasteiger partial charge in [-0.3, -0.25) is 0 Å². The fourth-order valence-corrected chi connectivity index (χ4v) is 4.94. The number of hydrogen-bond donors (Lipinski definition) is 2. The molecule has 2 N–H and O–H groups in total. The van der Waals surface area contributed by atoms with E-state index in [4.69, 9.17) is 4.74 Å². The van der Waals surface area contributed by atoms with Gasteiger partial charge in [-0.25, -0.2) is 9.18 Å². The van der Waals surface area contributed by atoms with Crippen LogP contribution in [0.1, 0.15) is 52.4 Å². The van der Waals surface area contributed by atoms with Crippen molar-refractivity contribution in [3.63, 3.8) is 0 Å². The Kier molecular flexibility index (Phi) is 6.03. The molecule has 172 valence electrons. The molecule has 0 fully saturated rings. The van der Waals surface area contributed by atoms with E-state index < -0.39 is 11.8 Å². The van der Waals surface area contributed by atoms with Crippen molar-refractivity contribution in [2.24, 2.45) is 0 Å². The second-order valence-electron chi connectivity index (χ2n) is 8.78. The van der Waals surface area contributed by atoms with Gasteiger partial charge in [0.25, 0.3) is 0 Å². The molecule has 0 saturated heterocycles. The van der Waals surface area contributed by atoms with Crippen molar-refractivity contribution in [2.75, 3.05) is 6.54 Å². The molecular weight excluding hydrogens is 429 g/mol. The smallest absolute Gasteiger partial charge is 0.338 e. The second-order valence-corrected chi connectivity index (χ2v) is 8.78. The molecule has 1 aliphatic rings. The zero-order valence-corrected chi connectivity index (χ0v) is 18.9. The largest absolute Gasteiger partial charge is 0.489 e. The standard InChI is InChI=1S/C29H26FNO3/c1-18(21-12-6-9-19-8-2-3-10-22(19)21)31-17-20-16-26(23-11-4-5-15-27(23)34-20)24-13-7-14-25(28(24)30)29(32)33/h2-15,18,20,26,31H,16-17H2,1H3,(H,32,33)/t18-,20-,26+/m1/s1. The zero-order valence-electron chi connectivity index (χ0n) is 18.9. The third-order valence-corrected chi connectivity index (χ3v) is 6.66. The maximum atomic E-state index is 15.2. The summed E-state index contributed by atoms with van der Waals surface area (Å²) in [4.78, 5) is 11.5. The van der Waals surface area contributed by atoms with E-state index >= 15 is 4.39 Å². The molecule has 0 aromatic heterocycles. The van der Waals surface area contributed by atoms with Crippen LogP contribution in [0.25, 0.3) is 10.8 Å². The van der Waals surface area contributed by atoms with Gasteiger partial charge in [0.2, 0.25) is 0 Å². The highest BCUT2D eigenvalue weighted by atomic mass is 19.1. The van der Waals surface area contributed by atoms with E-state index in [9.17, 15) is 9.90 Å². The molecule has 34 heavy (non-hydrogen) atoms. The van der Waals surface area contributed by atoms with Crippen LogP contribution in [0.3, 0.4) is 0 Å². The summed E-state index contributed by atoms with van der Waals surface area (Å²) < 4.78 is 21.4. The number of hydrogen-bond acceptors (Lipinski definition) is 3. The average molecular weight is 456 g/mol. The maximum Gasteiger partial charge on any atom is 0.338 e. The first-order valence-electron chi connectivity index (χ1n) is 11.5. The van der Waals surface area contributed by atoms with E-state index in [1.54, 1.807) is 12.1 Å². The van der Waals surface area contributed by atoms with Gasteiger partial charge in [-0.15, -0.1) is 0 Å². The molecule has 0 bridgehead atoms. The van der Waals surface area contributed by atoms with Crippen LogP contribution in [0, 0.1) is 5.82 Å². The van der Waals surface area contributed by atoms with Gasteiger partial charge in [-0.05, 0) is 47.4 Å². The lowest BCUT2D eigenvalue weighted by Crippen LogP contribution is -2.37. The number of rotatable bonds is 6. The van der Waals surface area contributed by atoms with Crippen molar-refractivity contribution in [3.8, 4) is 5.75 Å². The number of carboxylic acid groups (broad SMARTS) is 1. The van der Waals surface area contributed by atoms with E-state index in [1.807, 2.05) is 36.4 Å². The normalized spacial score (nSPS) is 18.2. The van der Waals surface area contributed by atoms with Crippen molar-refractivity contribution in [2.45, 2.75) is 31.4 Å². The Morgan fingerprint density at radius 1 is 1.00 bits per heavy atom. The van der Waals surface area contributed by atoms with Gasteiger partial charge in [-0.1, -0.05) is 72.8 Å². The summed E-state index contributed by atoms with van der Waals surface area (Å²) in [7, 11) is 0. The van der Waals surface area contributed by atoms with Crippen LogP contribution in [0.15, 0.2) is 84.9 Å². The predicted molar refractivity (Wildman–Crippen MR) is 131 cm³/mol. The number of fused-ring (bicyclic) bond motifs is 2. The average Bonchev–Trinajstić information content (AvgIpc) is 2.86. The van der Waals surface area contributed by atoms with Crippen molar-refractivity contribution in [1.82, 2.24) is 5.32 Å². The van der Waals surface area contributed by atoms with Crippen molar-refractivity contribution >= 4 is 16.7 Å². The Morgan fingerprint density at radius 3 is 2.56 bits per heavy atom. The molecule has 3 atom stereocenters. The second kappa shape index (κ2) is 9.27. The summed E-state index contributed by atoms with van der Waals surface area (Å²) >= 11 is 0. The van der Waals surface area contributed by atoms with Gasteiger partial charge >= 0.3 is 5.97 Å². The molecule has 0 saturated carbocycles. The number of benzene rings is 4. The Bertz CT molecular complexity index is 1350. The topological polar surface area (TPSA) is 58.6 Å². The third kappa shape index (κ3) is 4.15. The first kappa shape index (κ1) is 22.1. The predicted octanol–water partition coefficient (Wildman–Crippen LogP) is 6.31. The molecule has 0 unspecified atom stereocenters. The van der Waals surface area contributed by atoms with E-state index in [1.165, 1.54) is 22.4 Å². The van der Waals surface area contributed by atoms with Crippen LogP contribution in [0.2, 0.25) is 0 Å². The fraction of sp³-hybridized carbons (Fsp3) is 0.207. The molecule has 0 amide bonds. The maximum absolute atomic E-state index is 15.2. The lowest BCUT2D eigenvalue weighted by molar-refractivity contribution is 0.0691. The first-order valence-corrected chi connectivity index (χ1v) is 11.5. The quantitative estimate of drug-likeness (QED) is 0.358. The summed E-state index contributed by atoms with van der Waals surface area (Å²) in [5.74, 6) is -1.51. The van der Waals surface area contributed by atoms with Crippen molar-refractivity contribution < 1.29 is 19.0 Å². The van der Waals surface area contributed by atoms with Crippen molar-refractivity contribution in [1.29, 1.82) is 0 Å². The van der Waals surface area contributed by atoms with Crippen LogP contribution < -0.4 is 10.1 Å². The van der Waals surface area contributed by atoms with Crippen molar-refractivity contribution in [3.05, 3.63) is 113 Å².